The fourth-order valence-corrected chi connectivity index (χ4v) is 4.24. The van der Waals surface area contributed by atoms with Crippen LogP contribution in [0.2, 0.25) is 5.02 Å². The van der Waals surface area contributed by atoms with Gasteiger partial charge in [0, 0.05) is 35.8 Å². The van der Waals surface area contributed by atoms with Crippen LogP contribution in [-0.2, 0) is 11.3 Å². The van der Waals surface area contributed by atoms with Gasteiger partial charge in [0.05, 0.1) is 15.7 Å². The van der Waals surface area contributed by atoms with Crippen molar-refractivity contribution in [2.75, 3.05) is 19.6 Å². The zero-order chi connectivity index (χ0) is 19.8. The number of fused-ring (bicyclic) bond motifs is 1. The van der Waals surface area contributed by atoms with Gasteiger partial charge in [0.2, 0.25) is 5.91 Å². The Balaban J connectivity index is 1.72. The van der Waals surface area contributed by atoms with Gasteiger partial charge in [-0.25, -0.2) is 14.2 Å². The summed E-state index contributed by atoms with van der Waals surface area (Å²) in [5.74, 6) is -0.795. The number of carbonyl (C=O) groups excluding carboxylic acids is 1. The van der Waals surface area contributed by atoms with Crippen molar-refractivity contribution >= 4 is 45.2 Å². The molecular formula is C19H15ClFN3O3S. The molecule has 0 bridgehead atoms. The van der Waals surface area contributed by atoms with Crippen molar-refractivity contribution in [3.63, 3.8) is 0 Å². The predicted octanol–water partition coefficient (Wildman–Crippen LogP) is 4.08. The Morgan fingerprint density at radius 3 is 2.86 bits per heavy atom. The maximum absolute atomic E-state index is 15.5. The zero-order valence-electron chi connectivity index (χ0n) is 14.6. The maximum atomic E-state index is 15.5. The van der Waals surface area contributed by atoms with Crippen LogP contribution < -0.4 is 0 Å². The number of hydrogen-bond acceptors (Lipinski definition) is 4. The second kappa shape index (κ2) is 7.37. The number of piperazine rings is 1. The van der Waals surface area contributed by atoms with Gasteiger partial charge in [0.25, 0.3) is 0 Å². The second-order valence-corrected chi connectivity index (χ2v) is 7.78. The number of rotatable bonds is 3. The van der Waals surface area contributed by atoms with Gasteiger partial charge in [-0.05, 0) is 23.8 Å². The maximum Gasteiger partial charge on any atom is 0.407 e. The van der Waals surface area contributed by atoms with E-state index in [0.29, 0.717) is 27.2 Å². The Hall–Kier alpha value is -2.71. The van der Waals surface area contributed by atoms with E-state index in [9.17, 15) is 9.59 Å². The van der Waals surface area contributed by atoms with Gasteiger partial charge < -0.3 is 10.0 Å². The molecule has 6 nitrogen and oxygen atoms in total. The summed E-state index contributed by atoms with van der Waals surface area (Å²) in [5.41, 5.74) is 3.54. The van der Waals surface area contributed by atoms with Gasteiger partial charge in [-0.3, -0.25) is 9.69 Å². The third-order valence-corrected chi connectivity index (χ3v) is 5.71. The lowest BCUT2D eigenvalue weighted by Gasteiger charge is -2.33. The molecule has 9 heteroatoms. The molecule has 2 aromatic carbocycles. The summed E-state index contributed by atoms with van der Waals surface area (Å²) in [4.78, 5) is 30.2. The molecule has 1 aromatic heterocycles. The summed E-state index contributed by atoms with van der Waals surface area (Å²) < 4.78 is 16.3. The number of halogens is 2. The van der Waals surface area contributed by atoms with Crippen molar-refractivity contribution in [2.24, 2.45) is 0 Å². The van der Waals surface area contributed by atoms with Crippen LogP contribution in [0, 0.1) is 5.82 Å². The third kappa shape index (κ3) is 3.41. The van der Waals surface area contributed by atoms with Gasteiger partial charge >= 0.3 is 6.09 Å². The summed E-state index contributed by atoms with van der Waals surface area (Å²) >= 11 is 7.47. The van der Waals surface area contributed by atoms with Crippen LogP contribution in [0.25, 0.3) is 21.3 Å². The van der Waals surface area contributed by atoms with Gasteiger partial charge in [0.1, 0.15) is 12.4 Å². The first-order valence-corrected chi connectivity index (χ1v) is 9.76. The molecule has 1 saturated heterocycles. The summed E-state index contributed by atoms with van der Waals surface area (Å²) in [6.45, 7) is 0.269. The van der Waals surface area contributed by atoms with E-state index in [0.717, 1.165) is 9.60 Å². The van der Waals surface area contributed by atoms with E-state index in [1.54, 1.807) is 35.8 Å². The summed E-state index contributed by atoms with van der Waals surface area (Å²) in [5, 5.41) is 9.53. The molecule has 0 unspecified atom stereocenters. The van der Waals surface area contributed by atoms with E-state index >= 15 is 4.39 Å². The molecule has 0 spiro atoms. The van der Waals surface area contributed by atoms with E-state index in [1.165, 1.54) is 16.2 Å². The normalized spacial score (nSPS) is 14.7. The van der Waals surface area contributed by atoms with Crippen LogP contribution in [-0.4, -0.2) is 51.5 Å². The largest absolute Gasteiger partial charge is 0.465 e. The molecule has 1 fully saturated rings. The highest BCUT2D eigenvalue weighted by atomic mass is 35.5. The average Bonchev–Trinajstić information content (AvgIpc) is 3.11. The quantitative estimate of drug-likeness (QED) is 0.694. The number of nitrogens with zero attached hydrogens (tertiary/aromatic N) is 3. The van der Waals surface area contributed by atoms with Crippen LogP contribution >= 0.6 is 22.9 Å². The Bertz CT molecular complexity index is 1090. The zero-order valence-corrected chi connectivity index (χ0v) is 16.1. The first-order chi connectivity index (χ1) is 13.4. The number of benzene rings is 2. The standard InChI is InChI=1S/C19H15ClFN3O3S/c20-13-3-1-2-11(6-13)16-17(21)12(7-14-18(16)22-10-28-14)8-23-4-5-24(19(26)27)9-15(23)25/h1-3,6-7,10H,4-5,8-9H2,(H,26,27). The molecule has 28 heavy (non-hydrogen) atoms. The van der Waals surface area contributed by atoms with Crippen LogP contribution in [0.15, 0.2) is 35.8 Å². The Morgan fingerprint density at radius 1 is 1.32 bits per heavy atom. The van der Waals surface area contributed by atoms with Crippen molar-refractivity contribution in [1.29, 1.82) is 0 Å². The first kappa shape index (κ1) is 18.6. The van der Waals surface area contributed by atoms with Gasteiger partial charge in [-0.1, -0.05) is 23.7 Å². The summed E-state index contributed by atoms with van der Waals surface area (Å²) in [6, 6.07) is 8.61. The molecule has 3 aromatic rings. The van der Waals surface area contributed by atoms with E-state index in [4.69, 9.17) is 16.7 Å². The Morgan fingerprint density at radius 2 is 2.14 bits per heavy atom. The highest BCUT2D eigenvalue weighted by Gasteiger charge is 2.28. The molecular weight excluding hydrogens is 405 g/mol. The Labute approximate surface area is 168 Å². The van der Waals surface area contributed by atoms with Crippen LogP contribution in [0.1, 0.15) is 5.56 Å². The topological polar surface area (TPSA) is 73.7 Å². The highest BCUT2D eigenvalue weighted by molar-refractivity contribution is 7.16. The molecule has 0 aliphatic carbocycles. The van der Waals surface area contributed by atoms with E-state index < -0.39 is 11.9 Å². The van der Waals surface area contributed by atoms with Crippen LogP contribution in [0.4, 0.5) is 9.18 Å². The van der Waals surface area contributed by atoms with Gasteiger partial charge in [-0.15, -0.1) is 11.3 Å². The number of aromatic nitrogens is 1. The van der Waals surface area contributed by atoms with E-state index in [1.807, 2.05) is 0 Å². The molecule has 4 rings (SSSR count). The van der Waals surface area contributed by atoms with Crippen LogP contribution in [0.5, 0.6) is 0 Å². The van der Waals surface area contributed by atoms with Crippen molar-refractivity contribution in [2.45, 2.75) is 6.54 Å². The lowest BCUT2D eigenvalue weighted by molar-refractivity contribution is -0.135. The minimum Gasteiger partial charge on any atom is -0.465 e. The Kier molecular flexibility index (Phi) is 4.91. The lowest BCUT2D eigenvalue weighted by Crippen LogP contribution is -2.51. The summed E-state index contributed by atoms with van der Waals surface area (Å²) in [7, 11) is 0. The molecule has 1 N–H and O–H groups in total. The lowest BCUT2D eigenvalue weighted by atomic mass is 10.00. The van der Waals surface area contributed by atoms with Crippen molar-refractivity contribution < 1.29 is 19.1 Å². The average molecular weight is 420 g/mol. The molecule has 2 heterocycles. The molecule has 0 radical (unpaired) electrons. The van der Waals surface area contributed by atoms with Gasteiger partial charge in [0.15, 0.2) is 0 Å². The van der Waals surface area contributed by atoms with Crippen LogP contribution in [0.3, 0.4) is 0 Å². The minimum absolute atomic E-state index is 0.0690. The third-order valence-electron chi connectivity index (χ3n) is 4.70. The predicted molar refractivity (Wildman–Crippen MR) is 105 cm³/mol. The second-order valence-electron chi connectivity index (χ2n) is 6.45. The smallest absolute Gasteiger partial charge is 0.407 e. The molecule has 144 valence electrons. The number of amides is 2. The molecule has 1 aliphatic heterocycles. The number of carboxylic acid groups (broad SMARTS) is 1. The molecule has 2 amide bonds. The SMILES string of the molecule is O=C(O)N1CCN(Cc2cc3scnc3c(-c3cccc(Cl)c3)c2F)C(=O)C1. The van der Waals surface area contributed by atoms with Crippen molar-refractivity contribution in [3.8, 4) is 11.1 Å². The molecule has 0 saturated carbocycles. The monoisotopic (exact) mass is 419 g/mol. The first-order valence-electron chi connectivity index (χ1n) is 8.50. The number of thiazole rings is 1. The molecule has 0 atom stereocenters. The summed E-state index contributed by atoms with van der Waals surface area (Å²) in [6.07, 6.45) is -1.13. The fourth-order valence-electron chi connectivity index (χ4n) is 3.30. The minimum atomic E-state index is -1.13. The number of hydrogen-bond donors (Lipinski definition) is 1. The van der Waals surface area contributed by atoms with Gasteiger partial charge in [-0.2, -0.15) is 0 Å². The van der Waals surface area contributed by atoms with Crippen molar-refractivity contribution in [1.82, 2.24) is 14.8 Å². The van der Waals surface area contributed by atoms with Crippen molar-refractivity contribution in [3.05, 3.63) is 52.2 Å². The number of carbonyl (C=O) groups is 2. The van der Waals surface area contributed by atoms with E-state index in [2.05, 4.69) is 4.98 Å². The van der Waals surface area contributed by atoms with E-state index in [-0.39, 0.29) is 32.1 Å². The highest BCUT2D eigenvalue weighted by Crippen LogP contribution is 2.36. The fraction of sp³-hybridized carbons (Fsp3) is 0.211. The molecule has 1 aliphatic rings.